The van der Waals surface area contributed by atoms with Crippen LogP contribution in [0, 0.1) is 0 Å². The summed E-state index contributed by atoms with van der Waals surface area (Å²) in [7, 11) is 1.24. The number of likely N-dealkylation sites (N-methyl/N-ethyl adjacent to an activating group) is 1. The Kier molecular flexibility index (Phi) is 59.8. The Balaban J connectivity index is 3.96. The average Bonchev–Trinajstić information content (AvgIpc) is 3.42. The molecule has 1 amide bonds. The molecule has 9 heteroatoms. The van der Waals surface area contributed by atoms with Gasteiger partial charge in [0.15, 0.2) is 0 Å². The number of allylic oxidation sites excluding steroid dienone is 7. The fourth-order valence-corrected chi connectivity index (χ4v) is 11.1. The molecule has 466 valence electrons. The third-order valence-electron chi connectivity index (χ3n) is 15.7. The maximum atomic E-state index is 13.0. The van der Waals surface area contributed by atoms with Crippen LogP contribution in [0.1, 0.15) is 341 Å². The van der Waals surface area contributed by atoms with E-state index in [1.165, 1.54) is 276 Å². The molecule has 3 atom stereocenters. The number of carbonyl (C=O) groups is 1. The zero-order chi connectivity index (χ0) is 57.7. The summed E-state index contributed by atoms with van der Waals surface area (Å²) in [6, 6.07) is -0.910. The minimum absolute atomic E-state index is 0.00851. The van der Waals surface area contributed by atoms with E-state index < -0.39 is 26.6 Å². The van der Waals surface area contributed by atoms with Crippen LogP contribution in [0.3, 0.4) is 0 Å². The van der Waals surface area contributed by atoms with Crippen LogP contribution in [0.2, 0.25) is 0 Å². The normalized spacial score (nSPS) is 14.0. The molecule has 2 N–H and O–H groups in total. The highest BCUT2D eigenvalue weighted by Crippen LogP contribution is 2.38. The highest BCUT2D eigenvalue weighted by atomic mass is 31.2. The Bertz CT molecular complexity index is 1430. The van der Waals surface area contributed by atoms with Gasteiger partial charge in [-0.1, -0.05) is 313 Å². The van der Waals surface area contributed by atoms with Crippen LogP contribution in [0.25, 0.3) is 0 Å². The van der Waals surface area contributed by atoms with Gasteiger partial charge in [-0.05, 0) is 70.6 Å². The smallest absolute Gasteiger partial charge is 0.268 e. The monoisotopic (exact) mass is 1130 g/mol. The van der Waals surface area contributed by atoms with E-state index in [0.717, 1.165) is 44.9 Å². The summed E-state index contributed by atoms with van der Waals surface area (Å²) < 4.78 is 23.4. The van der Waals surface area contributed by atoms with Gasteiger partial charge in [-0.3, -0.25) is 9.36 Å². The third-order valence-corrected chi connectivity index (χ3v) is 16.7. The second-order valence-corrected chi connectivity index (χ2v) is 26.3. The van der Waals surface area contributed by atoms with Crippen molar-refractivity contribution in [3.63, 3.8) is 0 Å². The molecule has 0 aliphatic heterocycles. The van der Waals surface area contributed by atoms with Crippen molar-refractivity contribution in [2.45, 2.75) is 353 Å². The van der Waals surface area contributed by atoms with E-state index in [1.807, 2.05) is 27.2 Å². The quantitative estimate of drug-likeness (QED) is 0.0272. The predicted octanol–water partition coefficient (Wildman–Crippen LogP) is 21.2. The minimum Gasteiger partial charge on any atom is -0.756 e. The molecular formula is C70H135N2O6P. The molecule has 0 heterocycles. The van der Waals surface area contributed by atoms with Crippen LogP contribution in [0.15, 0.2) is 48.6 Å². The fraction of sp³-hybridized carbons (Fsp3) is 0.871. The van der Waals surface area contributed by atoms with Crippen molar-refractivity contribution in [1.29, 1.82) is 0 Å². The Hall–Kier alpha value is -1.54. The van der Waals surface area contributed by atoms with Crippen LogP contribution < -0.4 is 10.2 Å². The molecule has 0 aromatic carbocycles. The molecule has 0 aromatic rings. The number of quaternary nitrogens is 1. The zero-order valence-corrected chi connectivity index (χ0v) is 54.2. The van der Waals surface area contributed by atoms with Gasteiger partial charge < -0.3 is 28.8 Å². The molecule has 79 heavy (non-hydrogen) atoms. The average molecular weight is 1130 g/mol. The molecular weight excluding hydrogens is 996 g/mol. The number of aliphatic hydroxyl groups is 1. The number of amides is 1. The summed E-state index contributed by atoms with van der Waals surface area (Å²) in [6.45, 7) is 4.66. The number of aliphatic hydroxyl groups excluding tert-OH is 1. The number of nitrogens with zero attached hydrogens (tertiary/aromatic N) is 1. The first-order valence-electron chi connectivity index (χ1n) is 34.5. The van der Waals surface area contributed by atoms with Crippen molar-refractivity contribution < 1.29 is 32.9 Å². The molecule has 0 aliphatic carbocycles. The van der Waals surface area contributed by atoms with Crippen LogP contribution >= 0.6 is 7.82 Å². The van der Waals surface area contributed by atoms with E-state index in [-0.39, 0.29) is 12.5 Å². The first-order chi connectivity index (χ1) is 38.5. The lowest BCUT2D eigenvalue weighted by molar-refractivity contribution is -0.870. The number of nitrogens with one attached hydrogen (secondary N) is 1. The number of carbonyl (C=O) groups excluding carboxylic acids is 1. The van der Waals surface area contributed by atoms with Crippen LogP contribution in [0.4, 0.5) is 0 Å². The molecule has 0 radical (unpaired) electrons. The van der Waals surface area contributed by atoms with Gasteiger partial charge in [-0.2, -0.15) is 0 Å². The highest BCUT2D eigenvalue weighted by Gasteiger charge is 2.23. The van der Waals surface area contributed by atoms with Gasteiger partial charge in [-0.15, -0.1) is 0 Å². The van der Waals surface area contributed by atoms with Gasteiger partial charge in [0.25, 0.3) is 7.82 Å². The Morgan fingerprint density at radius 2 is 0.709 bits per heavy atom. The zero-order valence-electron chi connectivity index (χ0n) is 53.3. The lowest BCUT2D eigenvalue weighted by Crippen LogP contribution is -2.45. The van der Waals surface area contributed by atoms with Crippen LogP contribution in [-0.4, -0.2) is 68.5 Å². The predicted molar refractivity (Wildman–Crippen MR) is 344 cm³/mol. The largest absolute Gasteiger partial charge is 0.756 e. The highest BCUT2D eigenvalue weighted by molar-refractivity contribution is 7.45. The number of rotatable bonds is 64. The molecule has 8 nitrogen and oxygen atoms in total. The van der Waals surface area contributed by atoms with Crippen molar-refractivity contribution in [3.8, 4) is 0 Å². The SMILES string of the molecule is CCCCCCCCCC/C=C/CC/C=C/CC/C=C/C(O)C(COP(=O)([O-])OCC[N+](C)(C)C)NC(=O)CCCCCCCCCCCCCCCCCCC/C=C\CCCCCCCCCCCCCCCCCCCC. The number of hydrogen-bond donors (Lipinski definition) is 2. The molecule has 0 spiro atoms. The van der Waals surface area contributed by atoms with E-state index in [9.17, 15) is 19.4 Å². The van der Waals surface area contributed by atoms with Crippen molar-refractivity contribution in [1.82, 2.24) is 5.32 Å². The Labute approximate surface area is 492 Å². The topological polar surface area (TPSA) is 108 Å². The van der Waals surface area contributed by atoms with E-state index >= 15 is 0 Å². The van der Waals surface area contributed by atoms with E-state index in [4.69, 9.17) is 9.05 Å². The summed E-state index contributed by atoms with van der Waals surface area (Å²) >= 11 is 0. The lowest BCUT2D eigenvalue weighted by Gasteiger charge is -2.29. The molecule has 0 saturated carbocycles. The maximum absolute atomic E-state index is 13.0. The molecule has 0 aliphatic rings. The number of unbranched alkanes of at least 4 members (excludes halogenated alkanes) is 45. The minimum atomic E-state index is -4.61. The van der Waals surface area contributed by atoms with Gasteiger partial charge in [0.05, 0.1) is 39.9 Å². The second kappa shape index (κ2) is 61.0. The summed E-state index contributed by atoms with van der Waals surface area (Å²) in [6.07, 6.45) is 82.5. The summed E-state index contributed by atoms with van der Waals surface area (Å²) in [5.74, 6) is -0.207. The lowest BCUT2D eigenvalue weighted by atomic mass is 10.0. The van der Waals surface area contributed by atoms with Gasteiger partial charge >= 0.3 is 0 Å². The van der Waals surface area contributed by atoms with Gasteiger partial charge in [0, 0.05) is 6.42 Å². The van der Waals surface area contributed by atoms with Gasteiger partial charge in [0.1, 0.15) is 13.2 Å². The molecule has 0 aromatic heterocycles. The Morgan fingerprint density at radius 3 is 1.03 bits per heavy atom. The number of phosphoric acid groups is 1. The molecule has 0 bridgehead atoms. The van der Waals surface area contributed by atoms with Crippen LogP contribution in [-0.2, 0) is 18.4 Å². The van der Waals surface area contributed by atoms with Crippen molar-refractivity contribution in [2.24, 2.45) is 0 Å². The van der Waals surface area contributed by atoms with Gasteiger partial charge in [-0.25, -0.2) is 0 Å². The molecule has 0 rings (SSSR count). The first kappa shape index (κ1) is 77.5. The summed E-state index contributed by atoms with van der Waals surface area (Å²) in [5, 5.41) is 13.9. The van der Waals surface area contributed by atoms with Crippen molar-refractivity contribution in [3.05, 3.63) is 48.6 Å². The van der Waals surface area contributed by atoms with E-state index in [0.29, 0.717) is 17.4 Å². The van der Waals surface area contributed by atoms with E-state index in [2.05, 4.69) is 55.6 Å². The summed E-state index contributed by atoms with van der Waals surface area (Å²) in [4.78, 5) is 25.6. The third kappa shape index (κ3) is 63.9. The molecule has 3 unspecified atom stereocenters. The molecule has 0 fully saturated rings. The number of phosphoric ester groups is 1. The second-order valence-electron chi connectivity index (χ2n) is 24.9. The summed E-state index contributed by atoms with van der Waals surface area (Å²) in [5.41, 5.74) is 0. The maximum Gasteiger partial charge on any atom is 0.268 e. The molecule has 0 saturated heterocycles. The fourth-order valence-electron chi connectivity index (χ4n) is 10.4. The van der Waals surface area contributed by atoms with Crippen molar-refractivity contribution >= 4 is 13.7 Å². The van der Waals surface area contributed by atoms with Gasteiger partial charge in [0.2, 0.25) is 5.91 Å². The first-order valence-corrected chi connectivity index (χ1v) is 36.0. The standard InChI is InChI=1S/C70H135N2O6P/c1-6-8-10-12-14-16-18-20-22-24-26-27-28-29-30-31-32-33-34-35-36-37-38-39-40-41-42-43-44-45-46-48-50-52-54-56-58-60-62-64-70(74)71-68(67-78-79(75,76)77-66-65-72(3,4)5)69(73)63-61-59-57-55-53-51-49-47-25-23-21-19-17-15-13-11-9-7-2/h25,35-36,47,53,55,61,63,68-69,73H,6-24,26-34,37-46,48-52,54,56-60,62,64-67H2,1-5H3,(H-,71,74,75,76)/b36-35-,47-25+,55-53+,63-61+. The van der Waals surface area contributed by atoms with E-state index in [1.54, 1.807) is 6.08 Å². The van der Waals surface area contributed by atoms with Crippen molar-refractivity contribution in [2.75, 3.05) is 40.9 Å². The Morgan fingerprint density at radius 1 is 0.430 bits per heavy atom. The van der Waals surface area contributed by atoms with Crippen LogP contribution in [0.5, 0.6) is 0 Å². The number of hydrogen-bond acceptors (Lipinski definition) is 6.